The number of nitrogens with zero attached hydrogens (tertiary/aromatic N) is 3. The molecule has 0 radical (unpaired) electrons. The van der Waals surface area contributed by atoms with Crippen molar-refractivity contribution in [1.29, 1.82) is 0 Å². The Morgan fingerprint density at radius 3 is 2.37 bits per heavy atom. The molecular weight excluding hydrogens is 318 g/mol. The van der Waals surface area contributed by atoms with Gasteiger partial charge in [0.05, 0.1) is 17.4 Å². The molecule has 0 N–H and O–H groups in total. The van der Waals surface area contributed by atoms with Crippen LogP contribution < -0.4 is 10.2 Å². The number of rotatable bonds is 4. The van der Waals surface area contributed by atoms with Crippen molar-refractivity contribution in [3.8, 4) is 5.69 Å². The summed E-state index contributed by atoms with van der Waals surface area (Å²) in [6.07, 6.45) is -0.619. The molecule has 1 aromatic carbocycles. The number of carbonyl (C=O) groups is 2. The van der Waals surface area contributed by atoms with Crippen molar-refractivity contribution in [2.75, 3.05) is 0 Å². The Morgan fingerprint density at radius 2 is 1.84 bits per heavy atom. The van der Waals surface area contributed by atoms with Crippen LogP contribution in [0.15, 0.2) is 28.7 Å². The molecule has 0 aliphatic rings. The van der Waals surface area contributed by atoms with E-state index in [1.165, 1.54) is 0 Å². The van der Waals surface area contributed by atoms with E-state index in [0.717, 1.165) is 9.15 Å². The van der Waals surface area contributed by atoms with Crippen LogP contribution in [0.4, 0.5) is 0 Å². The van der Waals surface area contributed by atoms with E-state index in [9.17, 15) is 19.8 Å². The lowest BCUT2D eigenvalue weighted by Crippen LogP contribution is -2.29. The van der Waals surface area contributed by atoms with Crippen LogP contribution in [-0.4, -0.2) is 26.9 Å². The van der Waals surface area contributed by atoms with Crippen LogP contribution in [0, 0.1) is 0 Å². The molecule has 0 aliphatic carbocycles. The third-order valence-corrected chi connectivity index (χ3v) is 2.87. The number of hydrogen-bond donors (Lipinski definition) is 0. The Balaban J connectivity index is 2.53. The van der Waals surface area contributed by atoms with Gasteiger partial charge in [-0.3, -0.25) is 0 Å². The summed E-state index contributed by atoms with van der Waals surface area (Å²) < 4.78 is 1.95. The standard InChI is InChI=1S/C11H8BrN3O4/c12-6-1-3-7(4-2-6)15-8(5-9(16)17)10(11(18)19)13-14-15/h1-4H,5H2,(H,16,17)(H,18,19)/p-2. The van der Waals surface area contributed by atoms with Gasteiger partial charge in [0.2, 0.25) is 0 Å². The monoisotopic (exact) mass is 323 g/mol. The van der Waals surface area contributed by atoms with Crippen molar-refractivity contribution in [3.05, 3.63) is 40.1 Å². The van der Waals surface area contributed by atoms with Crippen molar-refractivity contribution in [3.63, 3.8) is 0 Å². The quantitative estimate of drug-likeness (QED) is 0.690. The molecule has 0 atom stereocenters. The van der Waals surface area contributed by atoms with Crippen molar-refractivity contribution in [2.24, 2.45) is 0 Å². The molecule has 1 aromatic heterocycles. The Labute approximate surface area is 115 Å². The average molecular weight is 324 g/mol. The van der Waals surface area contributed by atoms with Gasteiger partial charge in [-0.25, -0.2) is 4.68 Å². The Kier molecular flexibility index (Phi) is 3.61. The normalized spacial score (nSPS) is 10.4. The lowest BCUT2D eigenvalue weighted by atomic mass is 10.2. The molecule has 0 bridgehead atoms. The molecule has 7 nitrogen and oxygen atoms in total. The van der Waals surface area contributed by atoms with Gasteiger partial charge in [-0.05, 0) is 24.3 Å². The molecule has 0 amide bonds. The predicted octanol–water partition coefficient (Wildman–Crippen LogP) is -1.31. The lowest BCUT2D eigenvalue weighted by Gasteiger charge is -2.09. The van der Waals surface area contributed by atoms with Crippen LogP contribution in [0.5, 0.6) is 0 Å². The molecule has 0 spiro atoms. The maximum atomic E-state index is 10.9. The topological polar surface area (TPSA) is 111 Å². The first-order chi connectivity index (χ1) is 8.99. The first kappa shape index (κ1) is 13.2. The van der Waals surface area contributed by atoms with E-state index in [2.05, 4.69) is 26.2 Å². The van der Waals surface area contributed by atoms with Crippen molar-refractivity contribution >= 4 is 27.9 Å². The van der Waals surface area contributed by atoms with Gasteiger partial charge in [0.1, 0.15) is 5.69 Å². The predicted molar refractivity (Wildman–Crippen MR) is 62.1 cm³/mol. The van der Waals surface area contributed by atoms with Gasteiger partial charge in [-0.2, -0.15) is 0 Å². The van der Waals surface area contributed by atoms with Gasteiger partial charge in [-0.15, -0.1) is 5.10 Å². The minimum atomic E-state index is -1.58. The summed E-state index contributed by atoms with van der Waals surface area (Å²) in [7, 11) is 0. The molecule has 98 valence electrons. The molecule has 0 saturated carbocycles. The minimum absolute atomic E-state index is 0.0951. The number of hydrogen-bond acceptors (Lipinski definition) is 6. The highest BCUT2D eigenvalue weighted by Gasteiger charge is 2.15. The molecule has 0 saturated heterocycles. The number of carboxylic acid groups (broad SMARTS) is 2. The molecule has 0 aliphatic heterocycles. The first-order valence-electron chi connectivity index (χ1n) is 5.10. The number of aliphatic carboxylic acids is 1. The van der Waals surface area contributed by atoms with Crippen molar-refractivity contribution < 1.29 is 19.8 Å². The summed E-state index contributed by atoms with van der Waals surface area (Å²) >= 11 is 3.25. The van der Waals surface area contributed by atoms with Crippen molar-refractivity contribution in [2.45, 2.75) is 6.42 Å². The number of benzene rings is 1. The molecule has 0 fully saturated rings. The second kappa shape index (κ2) is 5.19. The van der Waals surface area contributed by atoms with E-state index < -0.39 is 24.1 Å². The maximum absolute atomic E-state index is 10.9. The summed E-state index contributed by atoms with van der Waals surface area (Å²) in [5.74, 6) is -3.01. The zero-order chi connectivity index (χ0) is 14.0. The zero-order valence-electron chi connectivity index (χ0n) is 9.37. The molecule has 8 heteroatoms. The SMILES string of the molecule is O=C([O-])Cc1c(C(=O)[O-])nnn1-c1ccc(Br)cc1. The molecule has 19 heavy (non-hydrogen) atoms. The fraction of sp³-hybridized carbons (Fsp3) is 0.0909. The van der Waals surface area contributed by atoms with Gasteiger partial charge < -0.3 is 19.8 Å². The summed E-state index contributed by atoms with van der Waals surface area (Å²) in [5, 5.41) is 28.6. The van der Waals surface area contributed by atoms with Gasteiger partial charge in [0, 0.05) is 16.9 Å². The van der Waals surface area contributed by atoms with Gasteiger partial charge >= 0.3 is 0 Å². The smallest absolute Gasteiger partial charge is 0.132 e. The lowest BCUT2D eigenvalue weighted by molar-refractivity contribution is -0.304. The molecular formula is C11H6BrN3O4-2. The molecule has 0 unspecified atom stereocenters. The average Bonchev–Trinajstić information content (AvgIpc) is 2.73. The Morgan fingerprint density at radius 1 is 1.21 bits per heavy atom. The number of carboxylic acids is 2. The first-order valence-corrected chi connectivity index (χ1v) is 5.90. The van der Waals surface area contributed by atoms with Gasteiger partial charge in [0.15, 0.2) is 0 Å². The third-order valence-electron chi connectivity index (χ3n) is 2.34. The van der Waals surface area contributed by atoms with E-state index in [4.69, 9.17) is 0 Å². The van der Waals surface area contributed by atoms with E-state index >= 15 is 0 Å². The second-order valence-corrected chi connectivity index (χ2v) is 4.52. The van der Waals surface area contributed by atoms with E-state index in [-0.39, 0.29) is 5.69 Å². The summed E-state index contributed by atoms with van der Waals surface area (Å²) in [6.45, 7) is 0. The van der Waals surface area contributed by atoms with E-state index in [1.54, 1.807) is 24.3 Å². The number of aromatic carboxylic acids is 1. The van der Waals surface area contributed by atoms with Crippen molar-refractivity contribution in [1.82, 2.24) is 15.0 Å². The van der Waals surface area contributed by atoms with Crippen LogP contribution in [0.3, 0.4) is 0 Å². The summed E-state index contributed by atoms with van der Waals surface area (Å²) in [6, 6.07) is 6.68. The van der Waals surface area contributed by atoms with Crippen LogP contribution in [-0.2, 0) is 11.2 Å². The fourth-order valence-electron chi connectivity index (χ4n) is 1.55. The van der Waals surface area contributed by atoms with E-state index in [1.807, 2.05) is 0 Å². The summed E-state index contributed by atoms with van der Waals surface area (Å²) in [5.41, 5.74) is -0.117. The van der Waals surface area contributed by atoms with E-state index in [0.29, 0.717) is 5.69 Å². The molecule has 2 rings (SSSR count). The molecule has 2 aromatic rings. The highest BCUT2D eigenvalue weighted by Crippen LogP contribution is 2.16. The zero-order valence-corrected chi connectivity index (χ0v) is 11.0. The Hall–Kier alpha value is -2.22. The Bertz CT molecular complexity index is 636. The highest BCUT2D eigenvalue weighted by molar-refractivity contribution is 9.10. The number of halogens is 1. The van der Waals surface area contributed by atoms with Gasteiger partial charge in [-0.1, -0.05) is 21.1 Å². The fourth-order valence-corrected chi connectivity index (χ4v) is 1.81. The largest absolute Gasteiger partial charge is 0.550 e. The van der Waals surface area contributed by atoms with Crippen LogP contribution in [0.2, 0.25) is 0 Å². The number of aromatic nitrogens is 3. The van der Waals surface area contributed by atoms with Crippen LogP contribution in [0.1, 0.15) is 16.2 Å². The van der Waals surface area contributed by atoms with Gasteiger partial charge in [0.25, 0.3) is 0 Å². The summed E-state index contributed by atoms with van der Waals surface area (Å²) in [4.78, 5) is 21.5. The minimum Gasteiger partial charge on any atom is -0.550 e. The molecule has 1 heterocycles. The maximum Gasteiger partial charge on any atom is 0.132 e. The third kappa shape index (κ3) is 2.79. The highest BCUT2D eigenvalue weighted by atomic mass is 79.9. The number of carbonyl (C=O) groups excluding carboxylic acids is 2. The second-order valence-electron chi connectivity index (χ2n) is 3.61. The van der Waals surface area contributed by atoms with Crippen LogP contribution >= 0.6 is 15.9 Å². The van der Waals surface area contributed by atoms with Crippen LogP contribution in [0.25, 0.3) is 5.69 Å².